The number of aromatic nitrogens is 4. The van der Waals surface area contributed by atoms with Crippen LogP contribution in [0.4, 0.5) is 0 Å². The molecule has 0 unspecified atom stereocenters. The van der Waals surface area contributed by atoms with Crippen LogP contribution in [0.1, 0.15) is 46.2 Å². The standard InChI is InChI=1S/C26H24N4O2/c1-31-21-15-27-13-19(29-21)25-23(17-9-5-3-6-10-17)26(20-14-28-16-22(30-20)32-2)24(25)18-11-7-4-8-12-18/h3-16,23-26H,1-2H3. The maximum atomic E-state index is 5.38. The summed E-state index contributed by atoms with van der Waals surface area (Å²) in [5, 5.41) is 0. The van der Waals surface area contributed by atoms with Gasteiger partial charge in [0.05, 0.1) is 38.0 Å². The Morgan fingerprint density at radius 3 is 1.31 bits per heavy atom. The van der Waals surface area contributed by atoms with Crippen molar-refractivity contribution >= 4 is 0 Å². The predicted molar refractivity (Wildman–Crippen MR) is 121 cm³/mol. The van der Waals surface area contributed by atoms with Crippen molar-refractivity contribution in [3.8, 4) is 11.8 Å². The molecule has 0 atom stereocenters. The molecule has 2 heterocycles. The number of hydrogen-bond acceptors (Lipinski definition) is 6. The van der Waals surface area contributed by atoms with Crippen molar-refractivity contribution in [1.82, 2.24) is 19.9 Å². The van der Waals surface area contributed by atoms with E-state index in [-0.39, 0.29) is 23.7 Å². The monoisotopic (exact) mass is 424 g/mol. The summed E-state index contributed by atoms with van der Waals surface area (Å²) in [6.45, 7) is 0. The van der Waals surface area contributed by atoms with Crippen LogP contribution < -0.4 is 9.47 Å². The molecule has 6 heteroatoms. The van der Waals surface area contributed by atoms with Gasteiger partial charge in [-0.1, -0.05) is 60.7 Å². The van der Waals surface area contributed by atoms with Gasteiger partial charge in [-0.3, -0.25) is 9.97 Å². The van der Waals surface area contributed by atoms with Gasteiger partial charge in [0.25, 0.3) is 0 Å². The van der Waals surface area contributed by atoms with E-state index in [1.54, 1.807) is 26.6 Å². The molecule has 0 bridgehead atoms. The van der Waals surface area contributed by atoms with Crippen LogP contribution in [0.3, 0.4) is 0 Å². The SMILES string of the molecule is COc1cncc(C2C(c3ccccc3)C(c3cncc(OC)n3)C2c2ccccc2)n1. The van der Waals surface area contributed by atoms with Crippen LogP contribution in [0.2, 0.25) is 0 Å². The van der Waals surface area contributed by atoms with E-state index >= 15 is 0 Å². The third-order valence-corrected chi connectivity index (χ3v) is 6.28. The van der Waals surface area contributed by atoms with Crippen molar-refractivity contribution in [2.24, 2.45) is 0 Å². The fourth-order valence-corrected chi connectivity index (χ4v) is 4.91. The molecule has 1 fully saturated rings. The summed E-state index contributed by atoms with van der Waals surface area (Å²) in [4.78, 5) is 18.4. The number of nitrogens with zero attached hydrogens (tertiary/aromatic N) is 4. The highest BCUT2D eigenvalue weighted by atomic mass is 16.5. The number of ether oxygens (including phenoxy) is 2. The maximum Gasteiger partial charge on any atom is 0.232 e. The first-order valence-corrected chi connectivity index (χ1v) is 10.6. The average Bonchev–Trinajstić information content (AvgIpc) is 2.85. The van der Waals surface area contributed by atoms with E-state index in [4.69, 9.17) is 19.4 Å². The van der Waals surface area contributed by atoms with E-state index in [1.165, 1.54) is 11.1 Å². The van der Waals surface area contributed by atoms with Gasteiger partial charge in [0.15, 0.2) is 0 Å². The average molecular weight is 425 g/mol. The molecule has 2 aromatic heterocycles. The highest BCUT2D eigenvalue weighted by molar-refractivity contribution is 5.45. The van der Waals surface area contributed by atoms with E-state index in [2.05, 4.69) is 58.5 Å². The molecule has 4 aromatic rings. The first kappa shape index (κ1) is 20.1. The van der Waals surface area contributed by atoms with Gasteiger partial charge < -0.3 is 9.47 Å². The molecule has 5 rings (SSSR count). The Kier molecular flexibility index (Phi) is 5.50. The Hall–Kier alpha value is -3.80. The summed E-state index contributed by atoms with van der Waals surface area (Å²) in [6, 6.07) is 21.1. The van der Waals surface area contributed by atoms with E-state index < -0.39 is 0 Å². The summed E-state index contributed by atoms with van der Waals surface area (Å²) in [5.74, 6) is 1.57. The Bertz CT molecular complexity index is 1080. The molecule has 0 radical (unpaired) electrons. The first-order valence-electron chi connectivity index (χ1n) is 10.6. The Morgan fingerprint density at radius 1 is 0.531 bits per heavy atom. The van der Waals surface area contributed by atoms with Crippen molar-refractivity contribution in [3.63, 3.8) is 0 Å². The Balaban J connectivity index is 1.68. The summed E-state index contributed by atoms with van der Waals surface area (Å²) < 4.78 is 10.8. The zero-order valence-corrected chi connectivity index (χ0v) is 18.0. The van der Waals surface area contributed by atoms with Crippen LogP contribution in [0.15, 0.2) is 85.5 Å². The van der Waals surface area contributed by atoms with Gasteiger partial charge in [0.1, 0.15) is 0 Å². The first-order chi connectivity index (χ1) is 15.8. The van der Waals surface area contributed by atoms with Gasteiger partial charge in [-0.2, -0.15) is 0 Å². The lowest BCUT2D eigenvalue weighted by atomic mass is 9.51. The predicted octanol–water partition coefficient (Wildman–Crippen LogP) is 4.73. The molecule has 0 spiro atoms. The fraction of sp³-hybridized carbons (Fsp3) is 0.231. The third-order valence-electron chi connectivity index (χ3n) is 6.28. The van der Waals surface area contributed by atoms with Gasteiger partial charge in [0.2, 0.25) is 11.8 Å². The minimum atomic E-state index is 0.111. The molecular weight excluding hydrogens is 400 g/mol. The van der Waals surface area contributed by atoms with Crippen molar-refractivity contribution < 1.29 is 9.47 Å². The zero-order valence-electron chi connectivity index (χ0n) is 18.0. The van der Waals surface area contributed by atoms with Crippen LogP contribution in [0.25, 0.3) is 0 Å². The highest BCUT2D eigenvalue weighted by Crippen LogP contribution is 2.65. The van der Waals surface area contributed by atoms with Crippen molar-refractivity contribution in [1.29, 1.82) is 0 Å². The number of hydrogen-bond donors (Lipinski definition) is 0. The zero-order chi connectivity index (χ0) is 21.9. The second kappa shape index (κ2) is 8.75. The lowest BCUT2D eigenvalue weighted by Gasteiger charge is -2.52. The topological polar surface area (TPSA) is 70.0 Å². The third kappa shape index (κ3) is 3.58. The quantitative estimate of drug-likeness (QED) is 0.446. The van der Waals surface area contributed by atoms with Crippen LogP contribution >= 0.6 is 0 Å². The molecule has 160 valence electrons. The second-order valence-corrected chi connectivity index (χ2v) is 7.90. The van der Waals surface area contributed by atoms with Crippen LogP contribution in [-0.2, 0) is 0 Å². The molecule has 0 aliphatic heterocycles. The lowest BCUT2D eigenvalue weighted by Crippen LogP contribution is -2.41. The summed E-state index contributed by atoms with van der Waals surface area (Å²) in [5.41, 5.74) is 4.31. The van der Waals surface area contributed by atoms with Crippen molar-refractivity contribution in [3.05, 3.63) is 108 Å². The van der Waals surface area contributed by atoms with Gasteiger partial charge in [-0.25, -0.2) is 9.97 Å². The van der Waals surface area contributed by atoms with E-state index in [0.29, 0.717) is 11.8 Å². The van der Waals surface area contributed by atoms with E-state index in [0.717, 1.165) is 11.4 Å². The Morgan fingerprint density at radius 2 is 0.938 bits per heavy atom. The molecular formula is C26H24N4O2. The lowest BCUT2D eigenvalue weighted by molar-refractivity contribution is 0.216. The molecule has 0 N–H and O–H groups in total. The Labute approximate surface area is 187 Å². The summed E-state index contributed by atoms with van der Waals surface area (Å²) in [6.07, 6.45) is 6.99. The molecule has 1 saturated carbocycles. The number of rotatable bonds is 6. The largest absolute Gasteiger partial charge is 0.480 e. The molecule has 0 saturated heterocycles. The number of methoxy groups -OCH3 is 2. The normalized spacial score (nSPS) is 22.1. The van der Waals surface area contributed by atoms with E-state index in [1.807, 2.05) is 24.5 Å². The van der Waals surface area contributed by atoms with Crippen molar-refractivity contribution in [2.45, 2.75) is 23.7 Å². The maximum absolute atomic E-state index is 5.38. The molecule has 2 aromatic carbocycles. The smallest absolute Gasteiger partial charge is 0.232 e. The van der Waals surface area contributed by atoms with Crippen LogP contribution in [0.5, 0.6) is 11.8 Å². The van der Waals surface area contributed by atoms with Crippen LogP contribution in [-0.4, -0.2) is 34.2 Å². The molecule has 32 heavy (non-hydrogen) atoms. The minimum Gasteiger partial charge on any atom is -0.480 e. The van der Waals surface area contributed by atoms with Gasteiger partial charge in [-0.15, -0.1) is 0 Å². The fourth-order valence-electron chi connectivity index (χ4n) is 4.91. The van der Waals surface area contributed by atoms with Gasteiger partial charge in [-0.05, 0) is 11.1 Å². The van der Waals surface area contributed by atoms with Crippen molar-refractivity contribution in [2.75, 3.05) is 14.2 Å². The number of benzene rings is 2. The molecule has 1 aliphatic rings. The minimum absolute atomic E-state index is 0.111. The van der Waals surface area contributed by atoms with Gasteiger partial charge >= 0.3 is 0 Å². The summed E-state index contributed by atoms with van der Waals surface area (Å²) in [7, 11) is 3.24. The molecule has 1 aliphatic carbocycles. The van der Waals surface area contributed by atoms with E-state index in [9.17, 15) is 0 Å². The second-order valence-electron chi connectivity index (χ2n) is 7.90. The molecule has 0 amide bonds. The van der Waals surface area contributed by atoms with Crippen LogP contribution in [0, 0.1) is 0 Å². The summed E-state index contributed by atoms with van der Waals surface area (Å²) >= 11 is 0. The molecule has 6 nitrogen and oxygen atoms in total. The van der Waals surface area contributed by atoms with Gasteiger partial charge in [0, 0.05) is 36.1 Å². The highest BCUT2D eigenvalue weighted by Gasteiger charge is 2.54.